The van der Waals surface area contributed by atoms with Gasteiger partial charge in [-0.1, -0.05) is 26.0 Å². The maximum atomic E-state index is 12.5. The molecule has 1 amide bonds. The van der Waals surface area contributed by atoms with Crippen molar-refractivity contribution in [2.75, 3.05) is 13.1 Å². The predicted octanol–water partition coefficient (Wildman–Crippen LogP) is 2.80. The average Bonchev–Trinajstić information content (AvgIpc) is 3.10. The Labute approximate surface area is 142 Å². The molecular weight excluding hydrogens is 328 g/mol. The molecule has 0 saturated heterocycles. The fourth-order valence-corrected chi connectivity index (χ4v) is 3.86. The van der Waals surface area contributed by atoms with Crippen LogP contribution >= 0.6 is 0 Å². The first-order chi connectivity index (χ1) is 11.4. The first kappa shape index (κ1) is 18.2. The van der Waals surface area contributed by atoms with Crippen molar-refractivity contribution in [3.8, 4) is 0 Å². The van der Waals surface area contributed by atoms with Crippen LogP contribution in [0.2, 0.25) is 0 Å². The van der Waals surface area contributed by atoms with Crippen molar-refractivity contribution in [3.05, 3.63) is 54.0 Å². The fourth-order valence-electron chi connectivity index (χ4n) is 2.40. The monoisotopic (exact) mass is 350 g/mol. The number of nitrogens with one attached hydrogen (secondary N) is 1. The quantitative estimate of drug-likeness (QED) is 0.833. The fraction of sp³-hybridized carbons (Fsp3) is 0.353. The molecular formula is C17H22N2O4S. The lowest BCUT2D eigenvalue weighted by atomic mass is 10.1. The van der Waals surface area contributed by atoms with E-state index in [2.05, 4.69) is 5.32 Å². The molecule has 1 N–H and O–H groups in total. The minimum Gasteiger partial charge on any atom is -0.459 e. The maximum Gasteiger partial charge on any atom is 0.287 e. The minimum atomic E-state index is -3.47. The molecule has 2 rings (SSSR count). The van der Waals surface area contributed by atoms with Crippen LogP contribution in [0.1, 0.15) is 42.9 Å². The zero-order chi connectivity index (χ0) is 17.7. The van der Waals surface area contributed by atoms with E-state index >= 15 is 0 Å². The van der Waals surface area contributed by atoms with Crippen LogP contribution in [0.5, 0.6) is 0 Å². The lowest BCUT2D eigenvalue weighted by molar-refractivity contribution is 0.0912. The highest BCUT2D eigenvalue weighted by Crippen LogP contribution is 2.19. The Bertz CT molecular complexity index is 763. The first-order valence-corrected chi connectivity index (χ1v) is 9.28. The number of benzene rings is 1. The number of carbonyl (C=O) groups excluding carboxylic acids is 1. The Morgan fingerprint density at radius 2 is 1.79 bits per heavy atom. The molecule has 0 unspecified atom stereocenters. The van der Waals surface area contributed by atoms with E-state index in [9.17, 15) is 13.2 Å². The van der Waals surface area contributed by atoms with Crippen molar-refractivity contribution in [1.82, 2.24) is 9.62 Å². The van der Waals surface area contributed by atoms with E-state index in [1.165, 1.54) is 10.6 Å². The first-order valence-electron chi connectivity index (χ1n) is 7.84. The lowest BCUT2D eigenvalue weighted by Gasteiger charge is -2.19. The number of amides is 1. The molecule has 1 heterocycles. The number of nitrogens with zero attached hydrogens (tertiary/aromatic N) is 1. The summed E-state index contributed by atoms with van der Waals surface area (Å²) in [4.78, 5) is 12.2. The molecule has 0 aliphatic heterocycles. The highest BCUT2D eigenvalue weighted by atomic mass is 32.2. The molecule has 0 bridgehead atoms. The largest absolute Gasteiger partial charge is 0.459 e. The SMILES string of the molecule is CCN(CC)S(=O)(=O)c1ccc([C@@H](C)NC(=O)c2ccco2)cc1. The van der Waals surface area contributed by atoms with Gasteiger partial charge in [0.25, 0.3) is 5.91 Å². The van der Waals surface area contributed by atoms with Gasteiger partial charge in [0.15, 0.2) is 5.76 Å². The van der Waals surface area contributed by atoms with Gasteiger partial charge in [0.05, 0.1) is 17.2 Å². The zero-order valence-electron chi connectivity index (χ0n) is 14.0. The van der Waals surface area contributed by atoms with Crippen LogP contribution in [0.15, 0.2) is 52.0 Å². The molecule has 1 aromatic heterocycles. The van der Waals surface area contributed by atoms with Crippen molar-refractivity contribution in [2.45, 2.75) is 31.7 Å². The Morgan fingerprint density at radius 3 is 2.29 bits per heavy atom. The summed E-state index contributed by atoms with van der Waals surface area (Å²) < 4.78 is 31.4. The molecule has 0 spiro atoms. The van der Waals surface area contributed by atoms with E-state index in [1.807, 2.05) is 20.8 Å². The van der Waals surface area contributed by atoms with Crippen LogP contribution in [-0.2, 0) is 10.0 Å². The number of carbonyl (C=O) groups is 1. The van der Waals surface area contributed by atoms with E-state index in [4.69, 9.17) is 4.42 Å². The van der Waals surface area contributed by atoms with Crippen LogP contribution in [0, 0.1) is 0 Å². The van der Waals surface area contributed by atoms with Gasteiger partial charge in [-0.15, -0.1) is 0 Å². The summed E-state index contributed by atoms with van der Waals surface area (Å²) in [7, 11) is -3.47. The zero-order valence-corrected chi connectivity index (χ0v) is 14.8. The van der Waals surface area contributed by atoms with Crippen molar-refractivity contribution in [3.63, 3.8) is 0 Å². The Balaban J connectivity index is 2.13. The maximum absolute atomic E-state index is 12.5. The third-order valence-electron chi connectivity index (χ3n) is 3.82. The Morgan fingerprint density at radius 1 is 1.17 bits per heavy atom. The molecule has 24 heavy (non-hydrogen) atoms. The summed E-state index contributed by atoms with van der Waals surface area (Å²) in [6.07, 6.45) is 1.44. The van der Waals surface area contributed by atoms with E-state index in [0.29, 0.717) is 13.1 Å². The second kappa shape index (κ2) is 7.63. The van der Waals surface area contributed by atoms with Gasteiger partial charge in [0.2, 0.25) is 10.0 Å². The third kappa shape index (κ3) is 3.85. The van der Waals surface area contributed by atoms with E-state index in [-0.39, 0.29) is 22.6 Å². The van der Waals surface area contributed by atoms with E-state index in [1.54, 1.807) is 36.4 Å². The third-order valence-corrected chi connectivity index (χ3v) is 5.88. The van der Waals surface area contributed by atoms with E-state index < -0.39 is 10.0 Å². The summed E-state index contributed by atoms with van der Waals surface area (Å²) in [5, 5.41) is 2.81. The summed E-state index contributed by atoms with van der Waals surface area (Å²) in [6, 6.07) is 9.52. The van der Waals surface area contributed by atoms with Gasteiger partial charge in [-0.05, 0) is 36.8 Å². The molecule has 7 heteroatoms. The number of hydrogen-bond acceptors (Lipinski definition) is 4. The standard InChI is InChI=1S/C17H22N2O4S/c1-4-19(5-2)24(21,22)15-10-8-14(9-11-15)13(3)18-17(20)16-7-6-12-23-16/h6-13H,4-5H2,1-3H3,(H,18,20)/t13-/m1/s1. The van der Waals surface area contributed by atoms with Gasteiger partial charge >= 0.3 is 0 Å². The van der Waals surface area contributed by atoms with Crippen molar-refractivity contribution in [1.29, 1.82) is 0 Å². The molecule has 0 radical (unpaired) electrons. The second-order valence-corrected chi connectivity index (χ2v) is 7.27. The van der Waals surface area contributed by atoms with Gasteiger partial charge in [0, 0.05) is 13.1 Å². The van der Waals surface area contributed by atoms with Gasteiger partial charge in [-0.2, -0.15) is 4.31 Å². The molecule has 130 valence electrons. The number of furan rings is 1. The molecule has 0 aliphatic carbocycles. The topological polar surface area (TPSA) is 79.6 Å². The normalized spacial score (nSPS) is 13.0. The summed E-state index contributed by atoms with van der Waals surface area (Å²) in [6.45, 7) is 6.30. The van der Waals surface area contributed by atoms with Gasteiger partial charge in [-0.3, -0.25) is 4.79 Å². The molecule has 1 atom stereocenters. The second-order valence-electron chi connectivity index (χ2n) is 5.33. The summed E-state index contributed by atoms with van der Waals surface area (Å²) in [5.41, 5.74) is 0.813. The molecule has 2 aromatic rings. The van der Waals surface area contributed by atoms with Crippen molar-refractivity contribution in [2.24, 2.45) is 0 Å². The predicted molar refractivity (Wildman–Crippen MR) is 91.1 cm³/mol. The Hall–Kier alpha value is -2.12. The summed E-state index contributed by atoms with van der Waals surface area (Å²) in [5.74, 6) is -0.0741. The van der Waals surface area contributed by atoms with Crippen LogP contribution in [0.4, 0.5) is 0 Å². The highest BCUT2D eigenvalue weighted by Gasteiger charge is 2.22. The van der Waals surface area contributed by atoms with Crippen LogP contribution < -0.4 is 5.32 Å². The molecule has 0 fully saturated rings. The van der Waals surface area contributed by atoms with Crippen molar-refractivity contribution < 1.29 is 17.6 Å². The van der Waals surface area contributed by atoms with Crippen molar-refractivity contribution >= 4 is 15.9 Å². The Kier molecular flexibility index (Phi) is 5.80. The van der Waals surface area contributed by atoms with Gasteiger partial charge in [0.1, 0.15) is 0 Å². The van der Waals surface area contributed by atoms with Gasteiger partial charge in [-0.25, -0.2) is 8.42 Å². The lowest BCUT2D eigenvalue weighted by Crippen LogP contribution is -2.30. The van der Waals surface area contributed by atoms with Gasteiger partial charge < -0.3 is 9.73 Å². The van der Waals surface area contributed by atoms with Crippen LogP contribution in [0.25, 0.3) is 0 Å². The van der Waals surface area contributed by atoms with Crippen LogP contribution in [0.3, 0.4) is 0 Å². The highest BCUT2D eigenvalue weighted by molar-refractivity contribution is 7.89. The molecule has 1 aromatic carbocycles. The van der Waals surface area contributed by atoms with E-state index in [0.717, 1.165) is 5.56 Å². The number of rotatable bonds is 7. The number of hydrogen-bond donors (Lipinski definition) is 1. The molecule has 6 nitrogen and oxygen atoms in total. The smallest absolute Gasteiger partial charge is 0.287 e. The van der Waals surface area contributed by atoms with Crippen LogP contribution in [-0.4, -0.2) is 31.7 Å². The molecule has 0 saturated carbocycles. The summed E-state index contributed by atoms with van der Waals surface area (Å²) >= 11 is 0. The number of sulfonamides is 1. The average molecular weight is 350 g/mol. The minimum absolute atomic E-state index is 0.239. The molecule has 0 aliphatic rings.